The first-order valence-electron chi connectivity index (χ1n) is 7.53. The maximum atomic E-state index is 13.4. The Bertz CT molecular complexity index is 1050. The molecule has 2 heterocycles. The highest BCUT2D eigenvalue weighted by Gasteiger charge is 2.36. The van der Waals surface area contributed by atoms with Gasteiger partial charge in [-0.3, -0.25) is 4.79 Å². The molecule has 4 nitrogen and oxygen atoms in total. The van der Waals surface area contributed by atoms with E-state index in [1.165, 1.54) is 17.4 Å². The van der Waals surface area contributed by atoms with E-state index in [-0.39, 0.29) is 12.2 Å². The molecule has 0 saturated heterocycles. The maximum absolute atomic E-state index is 13.4. The zero-order valence-corrected chi connectivity index (χ0v) is 14.4. The Morgan fingerprint density at radius 1 is 1.27 bits per heavy atom. The summed E-state index contributed by atoms with van der Waals surface area (Å²) < 4.78 is 41.3. The minimum atomic E-state index is -4.80. The quantitative estimate of drug-likeness (QED) is 0.689. The second-order valence-electron chi connectivity index (χ2n) is 5.54. The van der Waals surface area contributed by atoms with Gasteiger partial charge in [-0.15, -0.1) is 11.3 Å². The minimum Gasteiger partial charge on any atom is -0.301 e. The molecule has 132 valence electrons. The molecular weight excluding hydrogens is 363 g/mol. The van der Waals surface area contributed by atoms with Crippen molar-refractivity contribution in [3.8, 4) is 17.3 Å². The topological polar surface area (TPSA) is 58.7 Å². The average molecular weight is 375 g/mol. The van der Waals surface area contributed by atoms with Gasteiger partial charge in [0.05, 0.1) is 28.5 Å². The standard InChI is InChI=1S/C18H12F3N3OS/c1-11-23-13(10-26-11)9-24-16(12-5-3-2-4-6-12)7-15(18(19,20)21)14(8-22)17(24)25/h2-7,10H,9H2,1H3. The van der Waals surface area contributed by atoms with E-state index in [1.807, 2.05) is 0 Å². The summed E-state index contributed by atoms with van der Waals surface area (Å²) >= 11 is 1.38. The van der Waals surface area contributed by atoms with Crippen LogP contribution < -0.4 is 5.56 Å². The van der Waals surface area contributed by atoms with E-state index in [9.17, 15) is 18.0 Å². The number of alkyl halides is 3. The smallest absolute Gasteiger partial charge is 0.301 e. The summed E-state index contributed by atoms with van der Waals surface area (Å²) in [6, 6.07) is 10.6. The van der Waals surface area contributed by atoms with Gasteiger partial charge in [-0.2, -0.15) is 18.4 Å². The van der Waals surface area contributed by atoms with Crippen LogP contribution in [0.1, 0.15) is 21.8 Å². The highest BCUT2D eigenvalue weighted by molar-refractivity contribution is 7.09. The molecule has 0 atom stereocenters. The predicted octanol–water partition coefficient (Wildman–Crippen LogP) is 4.22. The average Bonchev–Trinajstić information content (AvgIpc) is 3.01. The van der Waals surface area contributed by atoms with Gasteiger partial charge in [0, 0.05) is 5.38 Å². The van der Waals surface area contributed by atoms with Gasteiger partial charge in [-0.1, -0.05) is 30.3 Å². The van der Waals surface area contributed by atoms with E-state index in [0.717, 1.165) is 15.6 Å². The Balaban J connectivity index is 2.30. The molecule has 2 aromatic heterocycles. The molecule has 0 radical (unpaired) electrons. The zero-order valence-electron chi connectivity index (χ0n) is 13.5. The molecule has 0 spiro atoms. The first-order valence-corrected chi connectivity index (χ1v) is 8.41. The number of thiazole rings is 1. The second kappa shape index (κ2) is 6.77. The third-order valence-corrected chi connectivity index (χ3v) is 4.60. The molecule has 0 amide bonds. The summed E-state index contributed by atoms with van der Waals surface area (Å²) in [6.45, 7) is 1.78. The molecule has 0 aliphatic rings. The van der Waals surface area contributed by atoms with Crippen LogP contribution in [0.2, 0.25) is 0 Å². The number of halogens is 3. The van der Waals surface area contributed by atoms with E-state index in [1.54, 1.807) is 42.6 Å². The fourth-order valence-electron chi connectivity index (χ4n) is 2.63. The number of hydrogen-bond acceptors (Lipinski definition) is 4. The zero-order chi connectivity index (χ0) is 18.9. The van der Waals surface area contributed by atoms with Crippen molar-refractivity contribution in [2.45, 2.75) is 19.6 Å². The molecule has 0 bridgehead atoms. The number of nitriles is 1. The van der Waals surface area contributed by atoms with E-state index >= 15 is 0 Å². The normalized spacial score (nSPS) is 11.3. The molecule has 0 aliphatic carbocycles. The number of aryl methyl sites for hydroxylation is 1. The van der Waals surface area contributed by atoms with Gasteiger partial charge in [0.2, 0.25) is 0 Å². The summed E-state index contributed by atoms with van der Waals surface area (Å²) in [6.07, 6.45) is -4.80. The van der Waals surface area contributed by atoms with Crippen LogP contribution in [0.25, 0.3) is 11.3 Å². The maximum Gasteiger partial charge on any atom is 0.417 e. The van der Waals surface area contributed by atoms with Crippen LogP contribution in [-0.4, -0.2) is 9.55 Å². The fourth-order valence-corrected chi connectivity index (χ4v) is 3.23. The van der Waals surface area contributed by atoms with Gasteiger partial charge < -0.3 is 4.57 Å². The summed E-state index contributed by atoms with van der Waals surface area (Å²) in [5, 5.41) is 11.7. The Labute approximate surface area is 150 Å². The number of nitrogens with zero attached hydrogens (tertiary/aromatic N) is 3. The second-order valence-corrected chi connectivity index (χ2v) is 6.61. The Kier molecular flexibility index (Phi) is 4.66. The van der Waals surface area contributed by atoms with Gasteiger partial charge in [0.15, 0.2) is 0 Å². The van der Waals surface area contributed by atoms with Crippen molar-refractivity contribution in [3.05, 3.63) is 74.0 Å². The lowest BCUT2D eigenvalue weighted by molar-refractivity contribution is -0.137. The highest BCUT2D eigenvalue weighted by Crippen LogP contribution is 2.33. The lowest BCUT2D eigenvalue weighted by Gasteiger charge is -2.17. The van der Waals surface area contributed by atoms with E-state index in [0.29, 0.717) is 11.3 Å². The van der Waals surface area contributed by atoms with Gasteiger partial charge >= 0.3 is 6.18 Å². The highest BCUT2D eigenvalue weighted by atomic mass is 32.1. The van der Waals surface area contributed by atoms with Gasteiger partial charge in [0.1, 0.15) is 11.6 Å². The van der Waals surface area contributed by atoms with Crippen molar-refractivity contribution in [2.24, 2.45) is 0 Å². The largest absolute Gasteiger partial charge is 0.417 e. The van der Waals surface area contributed by atoms with Crippen LogP contribution in [0.3, 0.4) is 0 Å². The predicted molar refractivity (Wildman–Crippen MR) is 91.8 cm³/mol. The van der Waals surface area contributed by atoms with Crippen LogP contribution in [0.5, 0.6) is 0 Å². The van der Waals surface area contributed by atoms with Crippen LogP contribution in [0, 0.1) is 18.3 Å². The lowest BCUT2D eigenvalue weighted by atomic mass is 10.0. The van der Waals surface area contributed by atoms with E-state index in [2.05, 4.69) is 4.98 Å². The molecule has 26 heavy (non-hydrogen) atoms. The lowest BCUT2D eigenvalue weighted by Crippen LogP contribution is -2.28. The van der Waals surface area contributed by atoms with Crippen molar-refractivity contribution in [2.75, 3.05) is 0 Å². The molecule has 0 unspecified atom stereocenters. The van der Waals surface area contributed by atoms with Crippen molar-refractivity contribution in [1.29, 1.82) is 5.26 Å². The molecule has 3 aromatic rings. The van der Waals surface area contributed by atoms with Crippen LogP contribution >= 0.6 is 11.3 Å². The van der Waals surface area contributed by atoms with Crippen molar-refractivity contribution >= 4 is 11.3 Å². The number of hydrogen-bond donors (Lipinski definition) is 0. The molecule has 8 heteroatoms. The molecule has 0 aliphatic heterocycles. The summed E-state index contributed by atoms with van der Waals surface area (Å²) in [7, 11) is 0. The monoisotopic (exact) mass is 375 g/mol. The minimum absolute atomic E-state index is 0.0137. The van der Waals surface area contributed by atoms with E-state index in [4.69, 9.17) is 5.26 Å². The summed E-state index contributed by atoms with van der Waals surface area (Å²) in [4.78, 5) is 17.0. The SMILES string of the molecule is Cc1nc(Cn2c(-c3ccccc3)cc(C(F)(F)F)c(C#N)c2=O)cs1. The first kappa shape index (κ1) is 17.9. The Hall–Kier alpha value is -2.92. The van der Waals surface area contributed by atoms with E-state index < -0.39 is 22.9 Å². The number of rotatable bonds is 3. The third kappa shape index (κ3) is 3.39. The van der Waals surface area contributed by atoms with Gasteiger partial charge in [-0.05, 0) is 18.6 Å². The van der Waals surface area contributed by atoms with Crippen LogP contribution in [0.4, 0.5) is 13.2 Å². The molecule has 0 saturated carbocycles. The third-order valence-electron chi connectivity index (χ3n) is 3.77. The summed E-state index contributed by atoms with van der Waals surface area (Å²) in [5.74, 6) is 0. The van der Waals surface area contributed by atoms with Crippen LogP contribution in [-0.2, 0) is 12.7 Å². The number of aromatic nitrogens is 2. The molecular formula is C18H12F3N3OS. The van der Waals surface area contributed by atoms with Gasteiger partial charge in [-0.25, -0.2) is 4.98 Å². The van der Waals surface area contributed by atoms with Crippen molar-refractivity contribution in [3.63, 3.8) is 0 Å². The molecule has 0 N–H and O–H groups in total. The molecule has 0 fully saturated rings. The number of benzene rings is 1. The number of pyridine rings is 1. The van der Waals surface area contributed by atoms with Crippen LogP contribution in [0.15, 0.2) is 46.6 Å². The Morgan fingerprint density at radius 2 is 1.96 bits per heavy atom. The Morgan fingerprint density at radius 3 is 2.50 bits per heavy atom. The molecule has 1 aromatic carbocycles. The fraction of sp³-hybridized carbons (Fsp3) is 0.167. The molecule has 3 rings (SSSR count). The van der Waals surface area contributed by atoms with Gasteiger partial charge in [0.25, 0.3) is 5.56 Å². The summed E-state index contributed by atoms with van der Waals surface area (Å²) in [5.41, 5.74) is -2.03. The van der Waals surface area contributed by atoms with Crippen molar-refractivity contribution < 1.29 is 13.2 Å². The van der Waals surface area contributed by atoms with Crippen molar-refractivity contribution in [1.82, 2.24) is 9.55 Å². The first-order chi connectivity index (χ1) is 12.3.